The normalized spacial score (nSPS) is 14.4. The van der Waals surface area contributed by atoms with E-state index in [1.54, 1.807) is 18.2 Å². The van der Waals surface area contributed by atoms with Gasteiger partial charge in [-0.1, -0.05) is 18.0 Å². The maximum Gasteiger partial charge on any atom is 0.161 e. The van der Waals surface area contributed by atoms with Crippen LogP contribution in [0.15, 0.2) is 18.2 Å². The first-order valence-electron chi connectivity index (χ1n) is 7.25. The Kier molecular flexibility index (Phi) is 3.97. The molecule has 0 aliphatic heterocycles. The van der Waals surface area contributed by atoms with E-state index in [0.717, 1.165) is 29.9 Å². The lowest BCUT2D eigenvalue weighted by atomic mass is 10.1. The predicted molar refractivity (Wildman–Crippen MR) is 84.9 cm³/mol. The number of halogens is 1. The van der Waals surface area contributed by atoms with E-state index in [9.17, 15) is 5.11 Å². The minimum absolute atomic E-state index is 0.0732. The second kappa shape index (κ2) is 5.90. The van der Waals surface area contributed by atoms with Gasteiger partial charge in [-0.2, -0.15) is 0 Å². The predicted octanol–water partition coefficient (Wildman–Crippen LogP) is 3.81. The number of phenols is 1. The molecule has 1 aliphatic rings. The molecule has 21 heavy (non-hydrogen) atoms. The van der Waals surface area contributed by atoms with Gasteiger partial charge in [0, 0.05) is 23.9 Å². The van der Waals surface area contributed by atoms with E-state index in [1.807, 2.05) is 7.05 Å². The summed E-state index contributed by atoms with van der Waals surface area (Å²) in [6.45, 7) is 0. The second-order valence-electron chi connectivity index (χ2n) is 5.30. The summed E-state index contributed by atoms with van der Waals surface area (Å²) in [6.07, 6.45) is 5.62. The number of aryl methyl sites for hydroxylation is 1. The van der Waals surface area contributed by atoms with Crippen LogP contribution in [-0.2, 0) is 12.8 Å². The molecule has 1 aromatic heterocycles. The molecule has 1 heterocycles. The molecule has 110 valence electrons. The summed E-state index contributed by atoms with van der Waals surface area (Å²) in [5.74, 6) is 1.63. The molecule has 3 rings (SSSR count). The molecule has 2 aromatic rings. The van der Waals surface area contributed by atoms with E-state index in [0.29, 0.717) is 10.8 Å². The van der Waals surface area contributed by atoms with Gasteiger partial charge >= 0.3 is 0 Å². The Labute approximate surface area is 129 Å². The highest BCUT2D eigenvalue weighted by molar-refractivity contribution is 6.32. The maximum atomic E-state index is 9.54. The van der Waals surface area contributed by atoms with Gasteiger partial charge in [0.1, 0.15) is 11.6 Å². The first kappa shape index (κ1) is 14.1. The van der Waals surface area contributed by atoms with Crippen molar-refractivity contribution in [2.75, 3.05) is 12.4 Å². The van der Waals surface area contributed by atoms with Crippen LogP contribution in [0.1, 0.15) is 30.5 Å². The van der Waals surface area contributed by atoms with Crippen molar-refractivity contribution in [3.8, 4) is 17.1 Å². The summed E-state index contributed by atoms with van der Waals surface area (Å²) < 4.78 is 0. The molecule has 2 N–H and O–H groups in total. The fourth-order valence-corrected chi connectivity index (χ4v) is 2.93. The molecule has 0 unspecified atom stereocenters. The number of aromatic hydroxyl groups is 1. The Morgan fingerprint density at radius 1 is 1.14 bits per heavy atom. The molecule has 0 saturated heterocycles. The lowest BCUT2D eigenvalue weighted by Crippen LogP contribution is -2.06. The highest BCUT2D eigenvalue weighted by Crippen LogP contribution is 2.31. The Morgan fingerprint density at radius 2 is 1.95 bits per heavy atom. The highest BCUT2D eigenvalue weighted by atomic mass is 35.5. The van der Waals surface area contributed by atoms with Crippen LogP contribution in [0.5, 0.6) is 5.75 Å². The molecule has 1 aliphatic carbocycles. The van der Waals surface area contributed by atoms with E-state index in [4.69, 9.17) is 16.6 Å². The number of hydrogen-bond donors (Lipinski definition) is 2. The highest BCUT2D eigenvalue weighted by Gasteiger charge is 2.17. The van der Waals surface area contributed by atoms with Crippen LogP contribution in [0.3, 0.4) is 0 Å². The van der Waals surface area contributed by atoms with Crippen molar-refractivity contribution in [1.82, 2.24) is 9.97 Å². The largest absolute Gasteiger partial charge is 0.506 e. The minimum Gasteiger partial charge on any atom is -0.506 e. The standard InChI is InChI=1S/C16H18ClN3O/c1-18-16-11-5-3-2-4-6-13(11)19-15(20-16)10-7-8-14(21)12(17)9-10/h7-9,21H,2-6H2,1H3,(H,18,19,20). The number of anilines is 1. The Morgan fingerprint density at radius 3 is 2.71 bits per heavy atom. The summed E-state index contributed by atoms with van der Waals surface area (Å²) in [4.78, 5) is 9.36. The summed E-state index contributed by atoms with van der Waals surface area (Å²) in [5, 5.41) is 13.0. The molecule has 5 heteroatoms. The molecule has 0 amide bonds. The molecule has 0 saturated carbocycles. The van der Waals surface area contributed by atoms with Crippen molar-refractivity contribution in [2.24, 2.45) is 0 Å². The smallest absolute Gasteiger partial charge is 0.161 e. The zero-order chi connectivity index (χ0) is 14.8. The number of rotatable bonds is 2. The van der Waals surface area contributed by atoms with E-state index in [-0.39, 0.29) is 5.75 Å². The molecule has 0 radical (unpaired) electrons. The van der Waals surface area contributed by atoms with Gasteiger partial charge in [0.15, 0.2) is 5.82 Å². The lowest BCUT2D eigenvalue weighted by molar-refractivity contribution is 0.475. The van der Waals surface area contributed by atoms with Crippen molar-refractivity contribution >= 4 is 17.4 Å². The van der Waals surface area contributed by atoms with Crippen molar-refractivity contribution in [3.05, 3.63) is 34.5 Å². The number of hydrogen-bond acceptors (Lipinski definition) is 4. The quantitative estimate of drug-likeness (QED) is 0.828. The van der Waals surface area contributed by atoms with Crippen LogP contribution in [0, 0.1) is 0 Å². The molecular weight excluding hydrogens is 286 g/mol. The zero-order valence-corrected chi connectivity index (χ0v) is 12.7. The minimum atomic E-state index is 0.0732. The van der Waals surface area contributed by atoms with Crippen molar-refractivity contribution < 1.29 is 5.11 Å². The molecule has 1 aromatic carbocycles. The van der Waals surface area contributed by atoms with E-state index in [2.05, 4.69) is 10.3 Å². The average Bonchev–Trinajstić information content (AvgIpc) is 2.74. The first-order valence-corrected chi connectivity index (χ1v) is 7.63. The van der Waals surface area contributed by atoms with Crippen molar-refractivity contribution in [2.45, 2.75) is 32.1 Å². The molecule has 0 fully saturated rings. The third-order valence-corrected chi connectivity index (χ3v) is 4.18. The Bertz CT molecular complexity index is 673. The Balaban J connectivity index is 2.10. The fourth-order valence-electron chi connectivity index (χ4n) is 2.75. The number of fused-ring (bicyclic) bond motifs is 1. The number of aromatic nitrogens is 2. The second-order valence-corrected chi connectivity index (χ2v) is 5.71. The van der Waals surface area contributed by atoms with Crippen LogP contribution in [0.25, 0.3) is 11.4 Å². The zero-order valence-electron chi connectivity index (χ0n) is 12.0. The summed E-state index contributed by atoms with van der Waals surface area (Å²) in [5.41, 5.74) is 3.19. The molecule has 0 atom stereocenters. The van der Waals surface area contributed by atoms with Gasteiger partial charge < -0.3 is 10.4 Å². The van der Waals surface area contributed by atoms with E-state index >= 15 is 0 Å². The third-order valence-electron chi connectivity index (χ3n) is 3.88. The van der Waals surface area contributed by atoms with Crippen molar-refractivity contribution in [1.29, 1.82) is 0 Å². The topological polar surface area (TPSA) is 58.0 Å². The van der Waals surface area contributed by atoms with Gasteiger partial charge in [0.05, 0.1) is 5.02 Å². The van der Waals surface area contributed by atoms with Crippen LogP contribution < -0.4 is 5.32 Å². The van der Waals surface area contributed by atoms with Crippen molar-refractivity contribution in [3.63, 3.8) is 0 Å². The van der Waals surface area contributed by atoms with Gasteiger partial charge in [-0.05, 0) is 43.9 Å². The molecule has 0 bridgehead atoms. The van der Waals surface area contributed by atoms with Gasteiger partial charge in [-0.15, -0.1) is 0 Å². The van der Waals surface area contributed by atoms with E-state index < -0.39 is 0 Å². The van der Waals surface area contributed by atoms with Crippen LogP contribution in [0.4, 0.5) is 5.82 Å². The lowest BCUT2D eigenvalue weighted by Gasteiger charge is -2.13. The maximum absolute atomic E-state index is 9.54. The summed E-state index contributed by atoms with van der Waals surface area (Å²) in [6, 6.07) is 5.07. The molecule has 0 spiro atoms. The SMILES string of the molecule is CNc1nc(-c2ccc(O)c(Cl)c2)nc2c1CCCCC2. The first-order chi connectivity index (χ1) is 10.2. The van der Waals surface area contributed by atoms with Gasteiger partial charge in [0.2, 0.25) is 0 Å². The van der Waals surface area contributed by atoms with Crippen LogP contribution in [-0.4, -0.2) is 22.1 Å². The third kappa shape index (κ3) is 2.81. The van der Waals surface area contributed by atoms with Gasteiger partial charge in [-0.3, -0.25) is 0 Å². The van der Waals surface area contributed by atoms with Gasteiger partial charge in [-0.25, -0.2) is 9.97 Å². The Hall–Kier alpha value is -1.81. The number of phenolic OH excluding ortho intramolecular Hbond substituents is 1. The fraction of sp³-hybridized carbons (Fsp3) is 0.375. The summed E-state index contributed by atoms with van der Waals surface area (Å²) >= 11 is 5.99. The van der Waals surface area contributed by atoms with Gasteiger partial charge in [0.25, 0.3) is 0 Å². The monoisotopic (exact) mass is 303 g/mol. The number of benzene rings is 1. The average molecular weight is 304 g/mol. The van der Waals surface area contributed by atoms with E-state index in [1.165, 1.54) is 24.8 Å². The summed E-state index contributed by atoms with van der Waals surface area (Å²) in [7, 11) is 1.89. The number of nitrogens with one attached hydrogen (secondary N) is 1. The number of nitrogens with zero attached hydrogens (tertiary/aromatic N) is 2. The molecular formula is C16H18ClN3O. The van der Waals surface area contributed by atoms with Crippen LogP contribution in [0.2, 0.25) is 5.02 Å². The molecule has 4 nitrogen and oxygen atoms in total. The van der Waals surface area contributed by atoms with Crippen LogP contribution >= 0.6 is 11.6 Å².